The maximum atomic E-state index is 12.5. The Hall–Kier alpha value is -2.54. The molecule has 0 aliphatic heterocycles. The number of hydrogen-bond acceptors (Lipinski definition) is 4. The lowest BCUT2D eigenvalue weighted by atomic mass is 10.1. The van der Waals surface area contributed by atoms with Gasteiger partial charge in [-0.05, 0) is 23.8 Å². The van der Waals surface area contributed by atoms with Gasteiger partial charge in [0.15, 0.2) is 0 Å². The minimum Gasteiger partial charge on any atom is -0.496 e. The molecule has 0 bridgehead atoms. The smallest absolute Gasteiger partial charge is 0.255 e. The van der Waals surface area contributed by atoms with E-state index in [1.165, 1.54) is 20.2 Å². The number of nitrogens with one attached hydrogen (secondary N) is 1. The lowest BCUT2D eigenvalue weighted by molar-refractivity contribution is 0.0948. The van der Waals surface area contributed by atoms with Crippen LogP contribution < -0.4 is 14.4 Å². The molecule has 1 amide bonds. The van der Waals surface area contributed by atoms with Crippen molar-refractivity contribution in [2.24, 2.45) is 0 Å². The Balaban J connectivity index is 2.25. The fourth-order valence-electron chi connectivity index (χ4n) is 2.13. The summed E-state index contributed by atoms with van der Waals surface area (Å²) < 4.78 is 29.7. The third-order valence-corrected chi connectivity index (χ3v) is 4.79. The lowest BCUT2D eigenvalue weighted by Crippen LogP contribution is -2.26. The predicted octanol–water partition coefficient (Wildman–Crippen LogP) is 2.02. The number of anilines is 1. The van der Waals surface area contributed by atoms with E-state index in [0.717, 1.165) is 16.1 Å². The Morgan fingerprint density at radius 1 is 1.17 bits per heavy atom. The van der Waals surface area contributed by atoms with Crippen LogP contribution in [-0.2, 0) is 16.6 Å². The molecule has 0 fully saturated rings. The first-order valence-corrected chi connectivity index (χ1v) is 9.12. The molecule has 0 spiro atoms. The molecule has 1 N–H and O–H groups in total. The molecule has 0 atom stereocenters. The summed E-state index contributed by atoms with van der Waals surface area (Å²) in [6.45, 7) is 0.370. The average molecular weight is 348 g/mol. The SMILES string of the molecule is COc1ccc(N(C)S(C)(=O)=O)cc1C(=O)NCc1ccccc1. The van der Waals surface area contributed by atoms with Gasteiger partial charge < -0.3 is 10.1 Å². The Labute approximate surface area is 142 Å². The summed E-state index contributed by atoms with van der Waals surface area (Å²) in [6.07, 6.45) is 1.10. The maximum Gasteiger partial charge on any atom is 0.255 e. The third-order valence-electron chi connectivity index (χ3n) is 3.58. The molecule has 0 aliphatic rings. The summed E-state index contributed by atoms with van der Waals surface area (Å²) >= 11 is 0. The molecule has 0 saturated heterocycles. The van der Waals surface area contributed by atoms with Gasteiger partial charge in [-0.15, -0.1) is 0 Å². The molecule has 2 rings (SSSR count). The van der Waals surface area contributed by atoms with Gasteiger partial charge in [0.25, 0.3) is 5.91 Å². The van der Waals surface area contributed by atoms with Crippen LogP contribution in [0.3, 0.4) is 0 Å². The van der Waals surface area contributed by atoms with E-state index in [2.05, 4.69) is 5.32 Å². The van der Waals surface area contributed by atoms with E-state index >= 15 is 0 Å². The van der Waals surface area contributed by atoms with Crippen LogP contribution in [0.5, 0.6) is 5.75 Å². The quantitative estimate of drug-likeness (QED) is 0.867. The first-order valence-electron chi connectivity index (χ1n) is 7.27. The number of ether oxygens (including phenoxy) is 1. The average Bonchev–Trinajstić information content (AvgIpc) is 2.58. The van der Waals surface area contributed by atoms with Gasteiger partial charge >= 0.3 is 0 Å². The van der Waals surface area contributed by atoms with Gasteiger partial charge in [-0.25, -0.2) is 8.42 Å². The van der Waals surface area contributed by atoms with Crippen LogP contribution in [-0.4, -0.2) is 34.7 Å². The highest BCUT2D eigenvalue weighted by molar-refractivity contribution is 7.92. The number of sulfonamides is 1. The lowest BCUT2D eigenvalue weighted by Gasteiger charge is -2.18. The van der Waals surface area contributed by atoms with E-state index in [4.69, 9.17) is 4.74 Å². The summed E-state index contributed by atoms with van der Waals surface area (Å²) in [5.41, 5.74) is 1.64. The van der Waals surface area contributed by atoms with Crippen LogP contribution in [0, 0.1) is 0 Å². The zero-order valence-corrected chi connectivity index (χ0v) is 14.6. The molecule has 7 heteroatoms. The van der Waals surface area contributed by atoms with Gasteiger partial charge in [-0.2, -0.15) is 0 Å². The Kier molecular flexibility index (Phi) is 5.46. The number of nitrogens with zero attached hydrogens (tertiary/aromatic N) is 1. The molecule has 24 heavy (non-hydrogen) atoms. The molecule has 0 unspecified atom stereocenters. The number of rotatable bonds is 6. The third kappa shape index (κ3) is 4.26. The van der Waals surface area contributed by atoms with Gasteiger partial charge in [0, 0.05) is 13.6 Å². The Bertz CT molecular complexity index is 820. The van der Waals surface area contributed by atoms with Crippen LogP contribution in [0.1, 0.15) is 15.9 Å². The molecular weight excluding hydrogens is 328 g/mol. The van der Waals surface area contributed by atoms with Crippen molar-refractivity contribution < 1.29 is 17.9 Å². The van der Waals surface area contributed by atoms with Crippen molar-refractivity contribution in [1.29, 1.82) is 0 Å². The van der Waals surface area contributed by atoms with Gasteiger partial charge in [0.05, 0.1) is 24.6 Å². The number of amides is 1. The van der Waals surface area contributed by atoms with E-state index in [1.54, 1.807) is 12.1 Å². The number of carbonyl (C=O) groups is 1. The molecule has 0 radical (unpaired) electrons. The fourth-order valence-corrected chi connectivity index (χ4v) is 2.63. The molecule has 6 nitrogen and oxygen atoms in total. The maximum absolute atomic E-state index is 12.5. The van der Waals surface area contributed by atoms with Crippen LogP contribution in [0.15, 0.2) is 48.5 Å². The largest absolute Gasteiger partial charge is 0.496 e. The number of benzene rings is 2. The first kappa shape index (κ1) is 17.8. The highest BCUT2D eigenvalue weighted by atomic mass is 32.2. The summed E-state index contributed by atoms with van der Waals surface area (Å²) in [7, 11) is -0.517. The molecular formula is C17H20N2O4S. The Morgan fingerprint density at radius 3 is 2.42 bits per heavy atom. The van der Waals surface area contributed by atoms with Gasteiger partial charge in [-0.1, -0.05) is 30.3 Å². The van der Waals surface area contributed by atoms with E-state index in [0.29, 0.717) is 18.0 Å². The van der Waals surface area contributed by atoms with Crippen molar-refractivity contribution in [3.05, 3.63) is 59.7 Å². The van der Waals surface area contributed by atoms with Crippen molar-refractivity contribution in [1.82, 2.24) is 5.32 Å². The second-order valence-electron chi connectivity index (χ2n) is 5.28. The standard InChI is InChI=1S/C17H20N2O4S/c1-19(24(3,21)22)14-9-10-16(23-2)15(11-14)17(20)18-12-13-7-5-4-6-8-13/h4-11H,12H2,1-3H3,(H,18,20). The molecule has 128 valence electrons. The second kappa shape index (κ2) is 7.35. The monoisotopic (exact) mass is 348 g/mol. The highest BCUT2D eigenvalue weighted by Gasteiger charge is 2.18. The molecule has 0 heterocycles. The molecule has 2 aromatic rings. The number of carbonyl (C=O) groups excluding carboxylic acids is 1. The topological polar surface area (TPSA) is 75.7 Å². The van der Waals surface area contributed by atoms with Crippen LogP contribution >= 0.6 is 0 Å². The van der Waals surface area contributed by atoms with Gasteiger partial charge in [0.1, 0.15) is 5.75 Å². The number of hydrogen-bond donors (Lipinski definition) is 1. The predicted molar refractivity (Wildman–Crippen MR) is 93.9 cm³/mol. The van der Waals surface area contributed by atoms with Crippen molar-refractivity contribution in [2.75, 3.05) is 24.7 Å². The summed E-state index contributed by atoms with van der Waals surface area (Å²) in [5.74, 6) is 0.0469. The minimum absolute atomic E-state index is 0.279. The molecule has 2 aromatic carbocycles. The summed E-state index contributed by atoms with van der Waals surface area (Å²) in [6, 6.07) is 14.2. The summed E-state index contributed by atoms with van der Waals surface area (Å²) in [5, 5.41) is 2.81. The van der Waals surface area contributed by atoms with Crippen molar-refractivity contribution >= 4 is 21.6 Å². The van der Waals surface area contributed by atoms with Crippen molar-refractivity contribution in [2.45, 2.75) is 6.54 Å². The van der Waals surface area contributed by atoms with E-state index in [9.17, 15) is 13.2 Å². The summed E-state index contributed by atoms with van der Waals surface area (Å²) in [4.78, 5) is 12.5. The van der Waals surface area contributed by atoms with Crippen molar-refractivity contribution in [3.63, 3.8) is 0 Å². The first-order chi connectivity index (χ1) is 11.3. The zero-order chi connectivity index (χ0) is 17.7. The minimum atomic E-state index is -3.41. The van der Waals surface area contributed by atoms with Crippen molar-refractivity contribution in [3.8, 4) is 5.75 Å². The molecule has 0 saturated carbocycles. The molecule has 0 aliphatic carbocycles. The van der Waals surface area contributed by atoms with Crippen LogP contribution in [0.4, 0.5) is 5.69 Å². The highest BCUT2D eigenvalue weighted by Crippen LogP contribution is 2.25. The van der Waals surface area contributed by atoms with E-state index in [-0.39, 0.29) is 11.5 Å². The van der Waals surface area contributed by atoms with E-state index in [1.807, 2.05) is 30.3 Å². The normalized spacial score (nSPS) is 11.0. The Morgan fingerprint density at radius 2 is 1.83 bits per heavy atom. The zero-order valence-electron chi connectivity index (χ0n) is 13.8. The molecule has 0 aromatic heterocycles. The van der Waals surface area contributed by atoms with Crippen LogP contribution in [0.25, 0.3) is 0 Å². The second-order valence-corrected chi connectivity index (χ2v) is 7.30. The van der Waals surface area contributed by atoms with Gasteiger partial charge in [-0.3, -0.25) is 9.10 Å². The van der Waals surface area contributed by atoms with Crippen LogP contribution in [0.2, 0.25) is 0 Å². The van der Waals surface area contributed by atoms with E-state index < -0.39 is 10.0 Å². The van der Waals surface area contributed by atoms with Gasteiger partial charge in [0.2, 0.25) is 10.0 Å². The number of methoxy groups -OCH3 is 1. The fraction of sp³-hybridized carbons (Fsp3) is 0.235.